The van der Waals surface area contributed by atoms with Gasteiger partial charge in [-0.05, 0) is 17.3 Å². The third-order valence-electron chi connectivity index (χ3n) is 3.05. The number of ether oxygens (including phenoxy) is 1. The van der Waals surface area contributed by atoms with E-state index in [0.717, 1.165) is 24.5 Å². The van der Waals surface area contributed by atoms with Crippen molar-refractivity contribution in [3.8, 4) is 0 Å². The number of aromatic amines is 1. The standard InChI is InChI=1S/C12H14N6O2/c19-12(11-14-16-17-15-11)13-9-3-1-2-4-10(9)18-5-7-20-8-6-18/h1-4H,5-8H2,(H,13,19)(H,14,15,16,17). The summed E-state index contributed by atoms with van der Waals surface area (Å²) in [5.41, 5.74) is 1.69. The highest BCUT2D eigenvalue weighted by Crippen LogP contribution is 2.26. The van der Waals surface area contributed by atoms with Crippen molar-refractivity contribution in [1.82, 2.24) is 20.6 Å². The number of morpholine rings is 1. The Morgan fingerprint density at radius 3 is 2.85 bits per heavy atom. The van der Waals surface area contributed by atoms with Gasteiger partial charge in [-0.25, -0.2) is 0 Å². The number of carbonyl (C=O) groups is 1. The van der Waals surface area contributed by atoms with Gasteiger partial charge in [-0.15, -0.1) is 10.2 Å². The first kappa shape index (κ1) is 12.5. The van der Waals surface area contributed by atoms with Gasteiger partial charge in [-0.3, -0.25) is 4.79 Å². The van der Waals surface area contributed by atoms with E-state index in [9.17, 15) is 4.79 Å². The molecule has 1 aromatic heterocycles. The molecule has 1 fully saturated rings. The quantitative estimate of drug-likeness (QED) is 0.835. The number of nitrogens with one attached hydrogen (secondary N) is 2. The van der Waals surface area contributed by atoms with Crippen molar-refractivity contribution in [2.45, 2.75) is 0 Å². The summed E-state index contributed by atoms with van der Waals surface area (Å²) in [5, 5.41) is 15.8. The Kier molecular flexibility index (Phi) is 3.55. The van der Waals surface area contributed by atoms with Gasteiger partial charge in [-0.2, -0.15) is 5.21 Å². The molecule has 1 amide bonds. The molecule has 0 spiro atoms. The normalized spacial score (nSPS) is 15.1. The Bertz CT molecular complexity index is 579. The van der Waals surface area contributed by atoms with Crippen LogP contribution in [0.4, 0.5) is 11.4 Å². The molecule has 0 aliphatic carbocycles. The second kappa shape index (κ2) is 5.66. The largest absolute Gasteiger partial charge is 0.378 e. The second-order valence-electron chi connectivity index (χ2n) is 4.31. The van der Waals surface area contributed by atoms with E-state index in [1.165, 1.54) is 0 Å². The molecule has 1 aromatic carbocycles. The number of benzene rings is 1. The molecule has 2 heterocycles. The van der Waals surface area contributed by atoms with Crippen LogP contribution in [0.5, 0.6) is 0 Å². The van der Waals surface area contributed by atoms with E-state index < -0.39 is 0 Å². The molecule has 0 unspecified atom stereocenters. The van der Waals surface area contributed by atoms with Gasteiger partial charge in [-0.1, -0.05) is 12.1 Å². The summed E-state index contributed by atoms with van der Waals surface area (Å²) >= 11 is 0. The number of anilines is 2. The van der Waals surface area contributed by atoms with Gasteiger partial charge in [0.15, 0.2) is 0 Å². The lowest BCUT2D eigenvalue weighted by atomic mass is 10.2. The minimum atomic E-state index is -0.389. The number of nitrogens with zero attached hydrogens (tertiary/aromatic N) is 4. The van der Waals surface area contributed by atoms with Crippen LogP contribution in [-0.2, 0) is 4.74 Å². The predicted octanol–water partition coefficient (Wildman–Crippen LogP) is 0.289. The number of H-pyrrole nitrogens is 1. The molecule has 8 heteroatoms. The molecule has 1 aliphatic heterocycles. The first-order chi connectivity index (χ1) is 9.84. The molecular formula is C12H14N6O2. The fourth-order valence-electron chi connectivity index (χ4n) is 2.10. The van der Waals surface area contributed by atoms with Crippen LogP contribution in [0.25, 0.3) is 0 Å². The van der Waals surface area contributed by atoms with Crippen LogP contribution in [0.3, 0.4) is 0 Å². The molecule has 1 saturated heterocycles. The van der Waals surface area contributed by atoms with Crippen molar-refractivity contribution >= 4 is 17.3 Å². The predicted molar refractivity (Wildman–Crippen MR) is 71.6 cm³/mol. The van der Waals surface area contributed by atoms with E-state index in [0.29, 0.717) is 13.2 Å². The molecule has 0 bridgehead atoms. The van der Waals surface area contributed by atoms with Gasteiger partial charge >= 0.3 is 0 Å². The third-order valence-corrected chi connectivity index (χ3v) is 3.05. The lowest BCUT2D eigenvalue weighted by molar-refractivity contribution is 0.101. The fourth-order valence-corrected chi connectivity index (χ4v) is 2.10. The number of aromatic nitrogens is 4. The van der Waals surface area contributed by atoms with Crippen molar-refractivity contribution in [2.75, 3.05) is 36.5 Å². The minimum absolute atomic E-state index is 0.0155. The highest BCUT2D eigenvalue weighted by atomic mass is 16.5. The van der Waals surface area contributed by atoms with Crippen LogP contribution in [0.2, 0.25) is 0 Å². The Morgan fingerprint density at radius 2 is 2.10 bits per heavy atom. The highest BCUT2D eigenvalue weighted by Gasteiger charge is 2.17. The first-order valence-corrected chi connectivity index (χ1v) is 6.31. The van der Waals surface area contributed by atoms with Crippen LogP contribution in [0, 0.1) is 0 Å². The molecule has 104 valence electrons. The topological polar surface area (TPSA) is 96.0 Å². The van der Waals surface area contributed by atoms with E-state index >= 15 is 0 Å². The van der Waals surface area contributed by atoms with Crippen molar-refractivity contribution in [2.24, 2.45) is 0 Å². The summed E-state index contributed by atoms with van der Waals surface area (Å²) in [5.74, 6) is -0.374. The zero-order chi connectivity index (χ0) is 13.8. The third kappa shape index (κ3) is 2.59. The maximum atomic E-state index is 12.0. The Labute approximate surface area is 115 Å². The number of carbonyl (C=O) groups excluding carboxylic acids is 1. The monoisotopic (exact) mass is 274 g/mol. The van der Waals surface area contributed by atoms with E-state index in [1.54, 1.807) is 0 Å². The Balaban J connectivity index is 1.80. The molecule has 8 nitrogen and oxygen atoms in total. The number of hydrogen-bond donors (Lipinski definition) is 2. The van der Waals surface area contributed by atoms with Crippen LogP contribution in [0.15, 0.2) is 24.3 Å². The molecule has 2 aromatic rings. The van der Waals surface area contributed by atoms with E-state index in [4.69, 9.17) is 4.74 Å². The van der Waals surface area contributed by atoms with E-state index in [1.807, 2.05) is 24.3 Å². The maximum absolute atomic E-state index is 12.0. The zero-order valence-corrected chi connectivity index (χ0v) is 10.7. The van der Waals surface area contributed by atoms with Crippen LogP contribution >= 0.6 is 0 Å². The van der Waals surface area contributed by atoms with Crippen LogP contribution in [-0.4, -0.2) is 52.8 Å². The SMILES string of the molecule is O=C(Nc1ccccc1N1CCOCC1)c1nn[nH]n1. The van der Waals surface area contributed by atoms with Crippen molar-refractivity contribution in [3.63, 3.8) is 0 Å². The fraction of sp³-hybridized carbons (Fsp3) is 0.333. The Morgan fingerprint density at radius 1 is 1.30 bits per heavy atom. The summed E-state index contributed by atoms with van der Waals surface area (Å²) in [4.78, 5) is 14.1. The van der Waals surface area contributed by atoms with Gasteiger partial charge in [0.05, 0.1) is 24.6 Å². The van der Waals surface area contributed by atoms with Crippen LogP contribution < -0.4 is 10.2 Å². The molecule has 20 heavy (non-hydrogen) atoms. The van der Waals surface area contributed by atoms with Gasteiger partial charge < -0.3 is 15.0 Å². The molecule has 0 atom stereocenters. The summed E-state index contributed by atoms with van der Waals surface area (Å²) in [6.45, 7) is 2.98. The van der Waals surface area contributed by atoms with Crippen LogP contribution in [0.1, 0.15) is 10.6 Å². The summed E-state index contributed by atoms with van der Waals surface area (Å²) in [6.07, 6.45) is 0. The molecular weight excluding hydrogens is 260 g/mol. The lowest BCUT2D eigenvalue weighted by Gasteiger charge is -2.30. The average Bonchev–Trinajstić information content (AvgIpc) is 3.03. The summed E-state index contributed by atoms with van der Waals surface area (Å²) in [7, 11) is 0. The average molecular weight is 274 g/mol. The van der Waals surface area contributed by atoms with Crippen molar-refractivity contribution < 1.29 is 9.53 Å². The number of rotatable bonds is 3. The zero-order valence-electron chi connectivity index (χ0n) is 10.7. The molecule has 0 saturated carbocycles. The Hall–Kier alpha value is -2.48. The number of amides is 1. The second-order valence-corrected chi connectivity index (χ2v) is 4.31. The summed E-state index contributed by atoms with van der Waals surface area (Å²) < 4.78 is 5.34. The first-order valence-electron chi connectivity index (χ1n) is 6.31. The maximum Gasteiger partial charge on any atom is 0.297 e. The van der Waals surface area contributed by atoms with Crippen molar-refractivity contribution in [1.29, 1.82) is 0 Å². The van der Waals surface area contributed by atoms with Gasteiger partial charge in [0.25, 0.3) is 11.7 Å². The molecule has 2 N–H and O–H groups in total. The van der Waals surface area contributed by atoms with Crippen molar-refractivity contribution in [3.05, 3.63) is 30.1 Å². The molecule has 1 aliphatic rings. The van der Waals surface area contributed by atoms with E-state index in [-0.39, 0.29) is 11.7 Å². The number of para-hydroxylation sites is 2. The summed E-state index contributed by atoms with van der Waals surface area (Å²) in [6, 6.07) is 7.63. The minimum Gasteiger partial charge on any atom is -0.378 e. The van der Waals surface area contributed by atoms with Gasteiger partial charge in [0.2, 0.25) is 0 Å². The number of tetrazole rings is 1. The number of hydrogen-bond acceptors (Lipinski definition) is 6. The highest BCUT2D eigenvalue weighted by molar-refractivity contribution is 6.03. The lowest BCUT2D eigenvalue weighted by Crippen LogP contribution is -2.36. The van der Waals surface area contributed by atoms with E-state index in [2.05, 4.69) is 30.8 Å². The smallest absolute Gasteiger partial charge is 0.297 e. The van der Waals surface area contributed by atoms with Gasteiger partial charge in [0, 0.05) is 13.1 Å². The molecule has 0 radical (unpaired) electrons. The van der Waals surface area contributed by atoms with Gasteiger partial charge in [0.1, 0.15) is 0 Å². The molecule has 3 rings (SSSR count).